The van der Waals surface area contributed by atoms with Gasteiger partial charge in [-0.3, -0.25) is 10.1 Å². The van der Waals surface area contributed by atoms with E-state index in [1.165, 1.54) is 28.1 Å². The van der Waals surface area contributed by atoms with Gasteiger partial charge in [-0.2, -0.15) is 0 Å². The highest BCUT2D eigenvalue weighted by molar-refractivity contribution is 5.76. The lowest BCUT2D eigenvalue weighted by Gasteiger charge is -2.32. The van der Waals surface area contributed by atoms with E-state index in [9.17, 15) is 20.0 Å². The van der Waals surface area contributed by atoms with E-state index in [1.807, 2.05) is 6.08 Å². The summed E-state index contributed by atoms with van der Waals surface area (Å²) in [5, 5.41) is 20.6. The number of aromatic nitrogens is 2. The van der Waals surface area contributed by atoms with Gasteiger partial charge in [-0.1, -0.05) is 73.7 Å². The van der Waals surface area contributed by atoms with Gasteiger partial charge in [0, 0.05) is 44.1 Å². The lowest BCUT2D eigenvalue weighted by molar-refractivity contribution is -0.384. The minimum Gasteiger partial charge on any atom is -0.465 e. The molecule has 1 saturated heterocycles. The molecule has 1 aliphatic heterocycles. The third-order valence-corrected chi connectivity index (χ3v) is 8.67. The summed E-state index contributed by atoms with van der Waals surface area (Å²) in [5.41, 5.74) is 4.34. The molecule has 0 spiro atoms. The number of likely N-dealkylation sites (tertiary alicyclic amines) is 1. The molecule has 9 heteroatoms. The molecule has 0 bridgehead atoms. The molecule has 1 aromatic heterocycles. The van der Waals surface area contributed by atoms with Crippen LogP contribution in [0.3, 0.4) is 0 Å². The predicted molar refractivity (Wildman–Crippen MR) is 173 cm³/mol. The summed E-state index contributed by atoms with van der Waals surface area (Å²) in [4.78, 5) is 31.0. The summed E-state index contributed by atoms with van der Waals surface area (Å²) < 4.78 is 2.41. The number of nitro benzene ring substituents is 1. The van der Waals surface area contributed by atoms with E-state index in [2.05, 4.69) is 77.1 Å². The summed E-state index contributed by atoms with van der Waals surface area (Å²) in [6.07, 6.45) is 7.17. The number of rotatable bonds is 13. The van der Waals surface area contributed by atoms with Crippen molar-refractivity contribution in [2.24, 2.45) is 5.92 Å². The molecular weight excluding hydrogens is 554 g/mol. The summed E-state index contributed by atoms with van der Waals surface area (Å²) in [5.74, 6) is 1.94. The van der Waals surface area contributed by atoms with Crippen LogP contribution in [0.15, 0.2) is 91.0 Å². The number of aryl methyl sites for hydroxylation is 1. The maximum Gasteiger partial charge on any atom is 0.407 e. The van der Waals surface area contributed by atoms with Crippen molar-refractivity contribution in [3.8, 4) is 0 Å². The van der Waals surface area contributed by atoms with Crippen LogP contribution >= 0.6 is 0 Å². The van der Waals surface area contributed by atoms with E-state index in [0.29, 0.717) is 11.8 Å². The van der Waals surface area contributed by atoms with Crippen LogP contribution in [0.2, 0.25) is 0 Å². The van der Waals surface area contributed by atoms with Gasteiger partial charge >= 0.3 is 6.09 Å². The zero-order valence-electron chi connectivity index (χ0n) is 25.3. The monoisotopic (exact) mass is 595 g/mol. The number of benzene rings is 3. The number of allylic oxidation sites excluding steroid dienone is 1. The number of hydrogen-bond donors (Lipinski definition) is 1. The number of nitro groups is 1. The number of nitrogens with zero attached hydrogens (tertiary/aromatic N) is 5. The molecular formula is C35H41N5O4. The molecule has 1 fully saturated rings. The third-order valence-electron chi connectivity index (χ3n) is 8.67. The van der Waals surface area contributed by atoms with Crippen LogP contribution in [-0.2, 0) is 19.5 Å². The van der Waals surface area contributed by atoms with E-state index in [4.69, 9.17) is 4.98 Å². The summed E-state index contributed by atoms with van der Waals surface area (Å²) in [6.45, 7) is 6.64. The smallest absolute Gasteiger partial charge is 0.407 e. The van der Waals surface area contributed by atoms with Crippen molar-refractivity contribution in [2.75, 3.05) is 26.2 Å². The van der Waals surface area contributed by atoms with Crippen LogP contribution in [-0.4, -0.2) is 61.7 Å². The minimum absolute atomic E-state index is 0.00472. The van der Waals surface area contributed by atoms with Crippen molar-refractivity contribution < 1.29 is 14.8 Å². The highest BCUT2D eigenvalue weighted by atomic mass is 16.6. The third kappa shape index (κ3) is 7.90. The highest BCUT2D eigenvalue weighted by Gasteiger charge is 2.21. The quantitative estimate of drug-likeness (QED) is 0.100. The average molecular weight is 596 g/mol. The molecule has 2 heterocycles. The van der Waals surface area contributed by atoms with Crippen molar-refractivity contribution in [1.82, 2.24) is 19.4 Å². The molecule has 4 aromatic rings. The van der Waals surface area contributed by atoms with Gasteiger partial charge in [-0.25, -0.2) is 9.78 Å². The van der Waals surface area contributed by atoms with Crippen LogP contribution in [0.5, 0.6) is 0 Å². The maximum absolute atomic E-state index is 11.8. The van der Waals surface area contributed by atoms with E-state index >= 15 is 0 Å². The Labute approximate surface area is 258 Å². The van der Waals surface area contributed by atoms with E-state index in [1.54, 1.807) is 12.1 Å². The SMILES string of the molecule is CCc1nc2ccccc2n1CC(CCN1CCC(C=CCN(Cc2ccc([N+](=O)[O-])cc2)C(=O)O)CC1)c1ccccc1. The predicted octanol–water partition coefficient (Wildman–Crippen LogP) is 7.13. The Bertz CT molecular complexity index is 1560. The van der Waals surface area contributed by atoms with E-state index in [-0.39, 0.29) is 18.8 Å². The van der Waals surface area contributed by atoms with Crippen molar-refractivity contribution in [3.63, 3.8) is 0 Å². The van der Waals surface area contributed by atoms with Crippen molar-refractivity contribution in [1.29, 1.82) is 0 Å². The van der Waals surface area contributed by atoms with Gasteiger partial charge in [-0.15, -0.1) is 0 Å². The standard InChI is InChI=1S/C35H41N5O4/c1-2-34-36-32-12-6-7-13-33(32)39(34)26-30(29-10-4-3-5-11-29)20-24-37-22-18-27(19-23-37)9-8-21-38(35(41)42)25-28-14-16-31(17-15-28)40(43)44/h3-17,27,30H,2,18-26H2,1H3,(H,41,42). The highest BCUT2D eigenvalue weighted by Crippen LogP contribution is 2.28. The molecule has 1 aliphatic rings. The Morgan fingerprint density at radius 3 is 2.45 bits per heavy atom. The molecule has 3 aromatic carbocycles. The average Bonchev–Trinajstić information content (AvgIpc) is 3.41. The lowest BCUT2D eigenvalue weighted by Crippen LogP contribution is -2.35. The van der Waals surface area contributed by atoms with Crippen molar-refractivity contribution in [3.05, 3.63) is 118 Å². The normalized spacial score (nSPS) is 15.1. The number of hydrogen-bond acceptors (Lipinski definition) is 5. The number of carboxylic acid groups (broad SMARTS) is 1. The van der Waals surface area contributed by atoms with Crippen LogP contribution in [0.25, 0.3) is 11.0 Å². The number of piperidine rings is 1. The van der Waals surface area contributed by atoms with Gasteiger partial charge in [0.15, 0.2) is 0 Å². The van der Waals surface area contributed by atoms with E-state index in [0.717, 1.165) is 68.8 Å². The van der Waals surface area contributed by atoms with Crippen LogP contribution < -0.4 is 0 Å². The molecule has 1 amide bonds. The Morgan fingerprint density at radius 1 is 1.07 bits per heavy atom. The number of non-ortho nitro benzene ring substituents is 1. The summed E-state index contributed by atoms with van der Waals surface area (Å²) in [7, 11) is 0. The molecule has 0 aliphatic carbocycles. The van der Waals surface area contributed by atoms with Gasteiger partial charge < -0.3 is 19.5 Å². The van der Waals surface area contributed by atoms with Gasteiger partial charge in [0.1, 0.15) is 5.82 Å². The fourth-order valence-electron chi connectivity index (χ4n) is 6.15. The molecule has 5 rings (SSSR count). The topological polar surface area (TPSA) is 105 Å². The molecule has 1 N–H and O–H groups in total. The molecule has 1 atom stereocenters. The van der Waals surface area contributed by atoms with Crippen molar-refractivity contribution >= 4 is 22.8 Å². The van der Waals surface area contributed by atoms with Gasteiger partial charge in [0.05, 0.1) is 16.0 Å². The summed E-state index contributed by atoms with van der Waals surface area (Å²) in [6, 6.07) is 25.3. The Morgan fingerprint density at radius 2 is 1.77 bits per heavy atom. The Balaban J connectivity index is 1.14. The van der Waals surface area contributed by atoms with Crippen LogP contribution in [0, 0.1) is 16.0 Å². The Hall–Kier alpha value is -4.50. The second-order valence-electron chi connectivity index (χ2n) is 11.6. The van der Waals surface area contributed by atoms with Gasteiger partial charge in [-0.05, 0) is 68.1 Å². The minimum atomic E-state index is -1.01. The molecule has 230 valence electrons. The molecule has 0 radical (unpaired) electrons. The number of para-hydroxylation sites is 2. The second kappa shape index (κ2) is 14.8. The fourth-order valence-corrected chi connectivity index (χ4v) is 6.15. The largest absolute Gasteiger partial charge is 0.465 e. The van der Waals surface area contributed by atoms with Crippen molar-refractivity contribution in [2.45, 2.75) is 51.6 Å². The van der Waals surface area contributed by atoms with Gasteiger partial charge in [0.25, 0.3) is 5.69 Å². The first-order valence-electron chi connectivity index (χ1n) is 15.5. The van der Waals surface area contributed by atoms with E-state index < -0.39 is 11.0 Å². The second-order valence-corrected chi connectivity index (χ2v) is 11.6. The first kappa shape index (κ1) is 30.9. The zero-order valence-corrected chi connectivity index (χ0v) is 25.3. The maximum atomic E-state index is 11.8. The zero-order chi connectivity index (χ0) is 30.9. The number of amides is 1. The van der Waals surface area contributed by atoms with Crippen LogP contribution in [0.1, 0.15) is 49.1 Å². The lowest BCUT2D eigenvalue weighted by atomic mass is 9.93. The summed E-state index contributed by atoms with van der Waals surface area (Å²) >= 11 is 0. The number of imidazole rings is 1. The Kier molecular flexibility index (Phi) is 10.4. The number of carbonyl (C=O) groups is 1. The first-order valence-corrected chi connectivity index (χ1v) is 15.5. The molecule has 0 saturated carbocycles. The molecule has 9 nitrogen and oxygen atoms in total. The van der Waals surface area contributed by atoms with Crippen LogP contribution in [0.4, 0.5) is 10.5 Å². The fraction of sp³-hybridized carbons (Fsp3) is 0.371. The van der Waals surface area contributed by atoms with Gasteiger partial charge in [0.2, 0.25) is 0 Å². The number of fused-ring (bicyclic) bond motifs is 1. The molecule has 1 unspecified atom stereocenters. The molecule has 44 heavy (non-hydrogen) atoms. The first-order chi connectivity index (χ1) is 21.4.